The van der Waals surface area contributed by atoms with Crippen molar-refractivity contribution in [1.29, 1.82) is 0 Å². The van der Waals surface area contributed by atoms with Crippen molar-refractivity contribution in [3.8, 4) is 34.5 Å². The first-order chi connectivity index (χ1) is 30.9. The average Bonchev–Trinajstić information content (AvgIpc) is 3.27. The lowest BCUT2D eigenvalue weighted by Crippen LogP contribution is -2.39. The number of pyridine rings is 2. The monoisotopic (exact) mass is 902 g/mol. The maximum atomic E-state index is 13.0. The van der Waals surface area contributed by atoms with Gasteiger partial charge in [0.1, 0.15) is 35.9 Å². The number of esters is 3. The fourth-order valence-electron chi connectivity index (χ4n) is 6.43. The van der Waals surface area contributed by atoms with Crippen molar-refractivity contribution < 1.29 is 67.0 Å². The Balaban J connectivity index is 0.000000349. The van der Waals surface area contributed by atoms with Gasteiger partial charge in [-0.05, 0) is 49.9 Å². The van der Waals surface area contributed by atoms with Crippen LogP contribution in [0.1, 0.15) is 96.1 Å². The second kappa shape index (κ2) is 26.2. The summed E-state index contributed by atoms with van der Waals surface area (Å²) in [6.45, 7) is 15.5. The van der Waals surface area contributed by atoms with Gasteiger partial charge in [0.2, 0.25) is 6.79 Å². The standard InChI is InChI=1S/C26H33NO8.C23H29NO6/c1-16(2)24(18(4)34-20-10-8-7-9-11-20)35-26(30)17(3)14-21(29)23-25(33-15-32-19(5)28)22(31-6)12-13-27-23;1-14(2)22(16(4)29-17-9-7-6-8-10-17)30-23(27)15(3)13-18(25)20-21(26)19(28-5)11-12-24-20/h7-13,16-18,24H,14-15H2,1-6H3;6-12,14-16,22,26H,13H2,1-5H3/t17-,18+,24-;15-,16+,22-/m11/s1. The van der Waals surface area contributed by atoms with Crippen molar-refractivity contribution in [2.45, 2.75) is 99.6 Å². The summed E-state index contributed by atoms with van der Waals surface area (Å²) in [7, 11) is 2.79. The molecule has 65 heavy (non-hydrogen) atoms. The van der Waals surface area contributed by atoms with E-state index in [0.717, 1.165) is 0 Å². The van der Waals surface area contributed by atoms with Crippen molar-refractivity contribution in [1.82, 2.24) is 9.97 Å². The molecule has 1 N–H and O–H groups in total. The highest BCUT2D eigenvalue weighted by atomic mass is 16.7. The Kier molecular flexibility index (Phi) is 21.2. The molecule has 16 heteroatoms. The molecule has 6 atom stereocenters. The second-order valence-corrected chi connectivity index (χ2v) is 15.9. The number of carbonyl (C=O) groups is 5. The topological polar surface area (TPSA) is 205 Å². The van der Waals surface area contributed by atoms with Gasteiger partial charge in [-0.25, -0.2) is 9.97 Å². The Morgan fingerprint density at radius 3 is 1.42 bits per heavy atom. The predicted octanol–water partition coefficient (Wildman–Crippen LogP) is 8.27. The maximum Gasteiger partial charge on any atom is 0.309 e. The molecule has 352 valence electrons. The molecule has 2 aromatic carbocycles. The molecule has 0 aliphatic heterocycles. The molecule has 4 rings (SSSR count). The minimum absolute atomic E-state index is 0.0121. The fraction of sp³-hybridized carbons (Fsp3) is 0.449. The molecule has 0 aliphatic carbocycles. The first-order valence-corrected chi connectivity index (χ1v) is 21.3. The van der Waals surface area contributed by atoms with Crippen LogP contribution in [0.3, 0.4) is 0 Å². The van der Waals surface area contributed by atoms with Gasteiger partial charge in [0.25, 0.3) is 0 Å². The van der Waals surface area contributed by atoms with Crippen LogP contribution in [0, 0.1) is 23.7 Å². The van der Waals surface area contributed by atoms with E-state index in [1.807, 2.05) is 102 Å². The number of hydrogen-bond donors (Lipinski definition) is 1. The molecule has 0 radical (unpaired) electrons. The molecule has 0 fully saturated rings. The lowest BCUT2D eigenvalue weighted by Gasteiger charge is -2.29. The van der Waals surface area contributed by atoms with Gasteiger partial charge < -0.3 is 43.0 Å². The van der Waals surface area contributed by atoms with Crippen LogP contribution in [0.25, 0.3) is 0 Å². The average molecular weight is 903 g/mol. The van der Waals surface area contributed by atoms with Gasteiger partial charge in [0.15, 0.2) is 46.0 Å². The van der Waals surface area contributed by atoms with Gasteiger partial charge in [0.05, 0.1) is 26.1 Å². The van der Waals surface area contributed by atoms with Crippen LogP contribution >= 0.6 is 0 Å². The molecule has 2 heterocycles. The number of carbonyl (C=O) groups excluding carboxylic acids is 5. The molecule has 0 amide bonds. The number of para-hydroxylation sites is 2. The summed E-state index contributed by atoms with van der Waals surface area (Å²) in [5.74, 6) is -2.48. The van der Waals surface area contributed by atoms with Crippen LogP contribution in [-0.4, -0.2) is 90.0 Å². The minimum Gasteiger partial charge on any atom is -0.503 e. The van der Waals surface area contributed by atoms with Crippen molar-refractivity contribution in [3.63, 3.8) is 0 Å². The maximum absolute atomic E-state index is 13.0. The van der Waals surface area contributed by atoms with Crippen molar-refractivity contribution >= 4 is 29.5 Å². The number of aromatic nitrogens is 2. The number of rotatable bonds is 23. The number of ketones is 2. The lowest BCUT2D eigenvalue weighted by atomic mass is 10.00. The molecular weight excluding hydrogens is 841 g/mol. The molecule has 0 spiro atoms. The highest BCUT2D eigenvalue weighted by Gasteiger charge is 2.32. The molecule has 4 aromatic rings. The normalized spacial score (nSPS) is 13.6. The lowest BCUT2D eigenvalue weighted by molar-refractivity contribution is -0.161. The quantitative estimate of drug-likeness (QED) is 0.0322. The number of Topliss-reactive ketones (excluding diaryl/α,β-unsaturated/α-hetero) is 2. The molecule has 0 saturated carbocycles. The zero-order chi connectivity index (χ0) is 48.2. The van der Waals surface area contributed by atoms with Gasteiger partial charge in [-0.1, -0.05) is 77.9 Å². The van der Waals surface area contributed by atoms with E-state index in [9.17, 15) is 29.1 Å². The number of hydrogen-bond acceptors (Lipinski definition) is 16. The van der Waals surface area contributed by atoms with Crippen LogP contribution in [0.2, 0.25) is 0 Å². The predicted molar refractivity (Wildman–Crippen MR) is 239 cm³/mol. The summed E-state index contributed by atoms with van der Waals surface area (Å²) in [6, 6.07) is 21.6. The van der Waals surface area contributed by atoms with Crippen LogP contribution in [-0.2, 0) is 28.6 Å². The van der Waals surface area contributed by atoms with Gasteiger partial charge in [-0.3, -0.25) is 24.0 Å². The smallest absolute Gasteiger partial charge is 0.309 e. The van der Waals surface area contributed by atoms with E-state index in [0.29, 0.717) is 11.5 Å². The Morgan fingerprint density at radius 2 is 1.00 bits per heavy atom. The second-order valence-electron chi connectivity index (χ2n) is 15.9. The Morgan fingerprint density at radius 1 is 0.585 bits per heavy atom. The third-order valence-corrected chi connectivity index (χ3v) is 9.85. The number of aromatic hydroxyl groups is 1. The first kappa shape index (κ1) is 52.6. The molecule has 0 unspecified atom stereocenters. The van der Waals surface area contributed by atoms with Crippen LogP contribution < -0.4 is 23.7 Å². The summed E-state index contributed by atoms with van der Waals surface area (Å²) in [5, 5.41) is 10.1. The molecule has 0 aliphatic rings. The largest absolute Gasteiger partial charge is 0.503 e. The van der Waals surface area contributed by atoms with E-state index in [1.54, 1.807) is 13.8 Å². The fourth-order valence-corrected chi connectivity index (χ4v) is 6.43. The van der Waals surface area contributed by atoms with Crippen LogP contribution in [0.4, 0.5) is 0 Å². The number of ether oxygens (including phenoxy) is 8. The number of nitrogens with zero attached hydrogens (tertiary/aromatic N) is 2. The first-order valence-electron chi connectivity index (χ1n) is 21.3. The summed E-state index contributed by atoms with van der Waals surface area (Å²) in [6.07, 6.45) is 0.676. The van der Waals surface area contributed by atoms with Gasteiger partial charge in [-0.2, -0.15) is 0 Å². The van der Waals surface area contributed by atoms with Crippen molar-refractivity contribution in [2.24, 2.45) is 23.7 Å². The summed E-state index contributed by atoms with van der Waals surface area (Å²) in [4.78, 5) is 70.1. The van der Waals surface area contributed by atoms with E-state index in [1.165, 1.54) is 45.7 Å². The van der Waals surface area contributed by atoms with Crippen LogP contribution in [0.5, 0.6) is 34.5 Å². The van der Waals surface area contributed by atoms with E-state index in [4.69, 9.17) is 37.9 Å². The van der Waals surface area contributed by atoms with E-state index in [2.05, 4.69) is 9.97 Å². The minimum atomic E-state index is -0.748. The molecular formula is C49H62N2O14. The van der Waals surface area contributed by atoms with Crippen LogP contribution in [0.15, 0.2) is 85.2 Å². The highest BCUT2D eigenvalue weighted by molar-refractivity contribution is 6.00. The summed E-state index contributed by atoms with van der Waals surface area (Å²) in [5.41, 5.74) is -0.160. The van der Waals surface area contributed by atoms with Gasteiger partial charge in [0, 0.05) is 44.3 Å². The van der Waals surface area contributed by atoms with E-state index >= 15 is 0 Å². The molecule has 0 bridgehead atoms. The zero-order valence-corrected chi connectivity index (χ0v) is 39.0. The Bertz CT molecular complexity index is 2150. The molecule has 0 saturated heterocycles. The summed E-state index contributed by atoms with van der Waals surface area (Å²) >= 11 is 0. The van der Waals surface area contributed by atoms with Crippen molar-refractivity contribution in [3.05, 3.63) is 96.6 Å². The number of benzene rings is 2. The van der Waals surface area contributed by atoms with E-state index in [-0.39, 0.29) is 65.2 Å². The zero-order valence-electron chi connectivity index (χ0n) is 39.0. The third-order valence-electron chi connectivity index (χ3n) is 9.85. The summed E-state index contributed by atoms with van der Waals surface area (Å²) < 4.78 is 43.8. The molecule has 2 aromatic heterocycles. The van der Waals surface area contributed by atoms with Gasteiger partial charge in [-0.15, -0.1) is 0 Å². The SMILES string of the molecule is COc1ccnc(C(=O)C[C@@H](C)C(=O)O[C@H](C(C)C)[C@H](C)Oc2ccccc2)c1O.COc1ccnc(C(=O)C[C@@H](C)C(=O)O[C@H](C(C)C)[C@H](C)Oc2ccccc2)c1OCOC(C)=O. The highest BCUT2D eigenvalue weighted by Crippen LogP contribution is 2.32. The third kappa shape index (κ3) is 16.4. The van der Waals surface area contributed by atoms with E-state index < -0.39 is 66.4 Å². The Labute approximate surface area is 380 Å². The number of methoxy groups -OCH3 is 2. The van der Waals surface area contributed by atoms with Gasteiger partial charge >= 0.3 is 17.9 Å². The molecule has 16 nitrogen and oxygen atoms in total. The Hall–Kier alpha value is -6.71. The van der Waals surface area contributed by atoms with Crippen molar-refractivity contribution in [2.75, 3.05) is 21.0 Å².